The van der Waals surface area contributed by atoms with Crippen molar-refractivity contribution in [2.75, 3.05) is 25.0 Å². The van der Waals surface area contributed by atoms with Crippen molar-refractivity contribution in [3.8, 4) is 11.1 Å². The van der Waals surface area contributed by atoms with Crippen LogP contribution < -0.4 is 10.6 Å². The normalized spacial score (nSPS) is 10.5. The number of rotatable bonds is 4. The standard InChI is InChI=1S/C14H17FN4/c1-10-13(11-4-3-5-12(15)8-11)9-17-14(18-10)19(2)7-6-16/h3-5,8-9H,6-7,16H2,1-2H3. The van der Waals surface area contributed by atoms with Crippen LogP contribution in [0.1, 0.15) is 5.69 Å². The first-order valence-corrected chi connectivity index (χ1v) is 6.12. The number of benzene rings is 1. The van der Waals surface area contributed by atoms with Gasteiger partial charge in [0.1, 0.15) is 5.82 Å². The van der Waals surface area contributed by atoms with Gasteiger partial charge in [-0.15, -0.1) is 0 Å². The number of nitrogens with zero attached hydrogens (tertiary/aromatic N) is 3. The maximum Gasteiger partial charge on any atom is 0.225 e. The van der Waals surface area contributed by atoms with Gasteiger partial charge in [0.15, 0.2) is 0 Å². The summed E-state index contributed by atoms with van der Waals surface area (Å²) in [5, 5.41) is 0. The second-order valence-electron chi connectivity index (χ2n) is 4.39. The maximum atomic E-state index is 13.2. The van der Waals surface area contributed by atoms with E-state index in [4.69, 9.17) is 5.73 Å². The summed E-state index contributed by atoms with van der Waals surface area (Å²) in [6, 6.07) is 6.43. The highest BCUT2D eigenvalue weighted by Gasteiger charge is 2.09. The van der Waals surface area contributed by atoms with E-state index in [0.29, 0.717) is 19.0 Å². The third-order valence-corrected chi connectivity index (χ3v) is 2.91. The molecule has 0 aliphatic heterocycles. The average Bonchev–Trinajstić information content (AvgIpc) is 2.38. The predicted molar refractivity (Wildman–Crippen MR) is 74.5 cm³/mol. The van der Waals surface area contributed by atoms with Gasteiger partial charge in [-0.3, -0.25) is 0 Å². The van der Waals surface area contributed by atoms with E-state index in [-0.39, 0.29) is 5.82 Å². The summed E-state index contributed by atoms with van der Waals surface area (Å²) in [7, 11) is 1.89. The Hall–Kier alpha value is -2.01. The summed E-state index contributed by atoms with van der Waals surface area (Å²) in [4.78, 5) is 10.6. The van der Waals surface area contributed by atoms with Gasteiger partial charge in [0.25, 0.3) is 0 Å². The zero-order chi connectivity index (χ0) is 13.8. The molecule has 0 bridgehead atoms. The monoisotopic (exact) mass is 260 g/mol. The van der Waals surface area contributed by atoms with E-state index < -0.39 is 0 Å². The second-order valence-corrected chi connectivity index (χ2v) is 4.39. The molecule has 0 saturated carbocycles. The Kier molecular flexibility index (Phi) is 4.06. The molecule has 0 aliphatic rings. The minimum absolute atomic E-state index is 0.263. The quantitative estimate of drug-likeness (QED) is 0.913. The maximum absolute atomic E-state index is 13.2. The predicted octanol–water partition coefficient (Wildman–Crippen LogP) is 1.99. The smallest absolute Gasteiger partial charge is 0.225 e. The van der Waals surface area contributed by atoms with Crippen LogP contribution in [0.2, 0.25) is 0 Å². The highest BCUT2D eigenvalue weighted by atomic mass is 19.1. The topological polar surface area (TPSA) is 55.0 Å². The van der Waals surface area contributed by atoms with Gasteiger partial charge in [0, 0.05) is 31.9 Å². The fourth-order valence-electron chi connectivity index (χ4n) is 1.87. The number of anilines is 1. The molecule has 2 N–H and O–H groups in total. The lowest BCUT2D eigenvalue weighted by Crippen LogP contribution is -2.26. The van der Waals surface area contributed by atoms with Crippen molar-refractivity contribution in [1.82, 2.24) is 9.97 Å². The summed E-state index contributed by atoms with van der Waals surface area (Å²) in [6.45, 7) is 3.13. The van der Waals surface area contributed by atoms with Gasteiger partial charge in [-0.25, -0.2) is 14.4 Å². The largest absolute Gasteiger partial charge is 0.343 e. The van der Waals surface area contributed by atoms with E-state index in [1.807, 2.05) is 24.9 Å². The van der Waals surface area contributed by atoms with Gasteiger partial charge in [0.2, 0.25) is 5.95 Å². The zero-order valence-corrected chi connectivity index (χ0v) is 11.1. The van der Waals surface area contributed by atoms with Crippen molar-refractivity contribution >= 4 is 5.95 Å². The Balaban J connectivity index is 2.34. The summed E-state index contributed by atoms with van der Waals surface area (Å²) < 4.78 is 13.2. The van der Waals surface area contributed by atoms with Crippen molar-refractivity contribution in [2.45, 2.75) is 6.92 Å². The van der Waals surface area contributed by atoms with Crippen LogP contribution in [0, 0.1) is 12.7 Å². The van der Waals surface area contributed by atoms with Crippen LogP contribution in [-0.2, 0) is 0 Å². The van der Waals surface area contributed by atoms with Crippen molar-refractivity contribution in [3.05, 3.63) is 42.0 Å². The SMILES string of the molecule is Cc1nc(N(C)CCN)ncc1-c1cccc(F)c1. The van der Waals surface area contributed by atoms with Gasteiger partial charge in [-0.2, -0.15) is 0 Å². The Morgan fingerprint density at radius 3 is 2.79 bits per heavy atom. The summed E-state index contributed by atoms with van der Waals surface area (Å²) in [5.74, 6) is 0.365. The van der Waals surface area contributed by atoms with E-state index in [9.17, 15) is 4.39 Å². The molecule has 0 spiro atoms. The van der Waals surface area contributed by atoms with Crippen LogP contribution in [0.5, 0.6) is 0 Å². The highest BCUT2D eigenvalue weighted by molar-refractivity contribution is 5.65. The van der Waals surface area contributed by atoms with E-state index >= 15 is 0 Å². The number of nitrogens with two attached hydrogens (primary N) is 1. The van der Waals surface area contributed by atoms with Gasteiger partial charge in [-0.1, -0.05) is 12.1 Å². The van der Waals surface area contributed by atoms with Gasteiger partial charge in [-0.05, 0) is 24.6 Å². The molecule has 19 heavy (non-hydrogen) atoms. The molecular weight excluding hydrogens is 243 g/mol. The lowest BCUT2D eigenvalue weighted by atomic mass is 10.1. The summed E-state index contributed by atoms with van der Waals surface area (Å²) >= 11 is 0. The number of aromatic nitrogens is 2. The van der Waals surface area contributed by atoms with Crippen LogP contribution in [-0.4, -0.2) is 30.1 Å². The molecule has 1 aromatic carbocycles. The molecule has 0 aliphatic carbocycles. The van der Waals surface area contributed by atoms with Crippen molar-refractivity contribution in [1.29, 1.82) is 0 Å². The molecular formula is C14H17FN4. The summed E-state index contributed by atoms with van der Waals surface area (Å²) in [5.41, 5.74) is 7.94. The third kappa shape index (κ3) is 3.06. The Morgan fingerprint density at radius 2 is 2.16 bits per heavy atom. The molecule has 0 amide bonds. The van der Waals surface area contributed by atoms with Crippen molar-refractivity contribution < 1.29 is 4.39 Å². The summed E-state index contributed by atoms with van der Waals surface area (Å²) in [6.07, 6.45) is 1.72. The molecule has 1 aromatic heterocycles. The van der Waals surface area contributed by atoms with Gasteiger partial charge in [0.05, 0.1) is 5.69 Å². The molecule has 0 fully saturated rings. The first-order valence-electron chi connectivity index (χ1n) is 6.12. The fraction of sp³-hybridized carbons (Fsp3) is 0.286. The van der Waals surface area contributed by atoms with E-state index in [1.165, 1.54) is 12.1 Å². The van der Waals surface area contributed by atoms with Crippen LogP contribution >= 0.6 is 0 Å². The molecule has 0 unspecified atom stereocenters. The third-order valence-electron chi connectivity index (χ3n) is 2.91. The number of aryl methyl sites for hydroxylation is 1. The van der Waals surface area contributed by atoms with E-state index in [1.54, 1.807) is 12.3 Å². The zero-order valence-electron chi connectivity index (χ0n) is 11.1. The van der Waals surface area contributed by atoms with Crippen molar-refractivity contribution in [3.63, 3.8) is 0 Å². The molecule has 2 rings (SSSR count). The van der Waals surface area contributed by atoms with Crippen molar-refractivity contribution in [2.24, 2.45) is 5.73 Å². The Labute approximate surface area is 112 Å². The molecule has 4 nitrogen and oxygen atoms in total. The molecule has 0 atom stereocenters. The van der Waals surface area contributed by atoms with Gasteiger partial charge < -0.3 is 10.6 Å². The fourth-order valence-corrected chi connectivity index (χ4v) is 1.87. The minimum Gasteiger partial charge on any atom is -0.343 e. The van der Waals surface area contributed by atoms with Crippen LogP contribution in [0.3, 0.4) is 0 Å². The minimum atomic E-state index is -0.263. The van der Waals surface area contributed by atoms with Gasteiger partial charge >= 0.3 is 0 Å². The number of likely N-dealkylation sites (N-methyl/N-ethyl adjacent to an activating group) is 1. The molecule has 0 radical (unpaired) electrons. The van der Waals surface area contributed by atoms with Crippen LogP contribution in [0.25, 0.3) is 11.1 Å². The molecule has 0 saturated heterocycles. The Bertz CT molecular complexity index is 571. The lowest BCUT2D eigenvalue weighted by Gasteiger charge is -2.17. The first kappa shape index (κ1) is 13.4. The average molecular weight is 260 g/mol. The lowest BCUT2D eigenvalue weighted by molar-refractivity contribution is 0.628. The molecule has 2 aromatic rings. The second kappa shape index (κ2) is 5.75. The highest BCUT2D eigenvalue weighted by Crippen LogP contribution is 2.23. The molecule has 100 valence electrons. The number of halogens is 1. The van der Waals surface area contributed by atoms with Crippen LogP contribution in [0.4, 0.5) is 10.3 Å². The Morgan fingerprint density at radius 1 is 1.37 bits per heavy atom. The number of hydrogen-bond donors (Lipinski definition) is 1. The van der Waals surface area contributed by atoms with E-state index in [0.717, 1.165) is 16.8 Å². The van der Waals surface area contributed by atoms with E-state index in [2.05, 4.69) is 9.97 Å². The molecule has 5 heteroatoms. The molecule has 1 heterocycles. The van der Waals surface area contributed by atoms with Crippen LogP contribution in [0.15, 0.2) is 30.5 Å². The first-order chi connectivity index (χ1) is 9.11. The number of hydrogen-bond acceptors (Lipinski definition) is 4.